The number of hydrogen-bond donors (Lipinski definition) is 2. The van der Waals surface area contributed by atoms with Crippen LogP contribution in [-0.2, 0) is 20.0 Å². The van der Waals surface area contributed by atoms with Gasteiger partial charge in [0, 0.05) is 36.2 Å². The lowest BCUT2D eigenvalue weighted by Crippen LogP contribution is -2.31. The Balaban J connectivity index is 1.41. The lowest BCUT2D eigenvalue weighted by atomic mass is 10.2. The number of nitrogens with one attached hydrogen (secondary N) is 2. The fourth-order valence-electron chi connectivity index (χ4n) is 3.81. The molecule has 3 aromatic rings. The van der Waals surface area contributed by atoms with Crippen LogP contribution < -0.4 is 10.0 Å². The normalized spacial score (nSPS) is 15.1. The highest BCUT2D eigenvalue weighted by Crippen LogP contribution is 2.22. The number of carbonyl (C=O) groups is 1. The van der Waals surface area contributed by atoms with Crippen molar-refractivity contribution in [1.82, 2.24) is 14.3 Å². The largest absolute Gasteiger partial charge is 0.322 e. The van der Waals surface area contributed by atoms with Crippen molar-refractivity contribution in [3.05, 3.63) is 72.1 Å². The molecular weight excluding hydrogens is 502 g/mol. The van der Waals surface area contributed by atoms with E-state index in [1.807, 2.05) is 0 Å². The topological polar surface area (TPSA) is 138 Å². The molecule has 1 fully saturated rings. The van der Waals surface area contributed by atoms with Crippen molar-refractivity contribution in [1.29, 1.82) is 0 Å². The first-order valence-corrected chi connectivity index (χ1v) is 14.4. The lowest BCUT2D eigenvalue weighted by Gasteiger charge is -2.20. The molecule has 190 valence electrons. The van der Waals surface area contributed by atoms with Crippen LogP contribution in [0, 0.1) is 6.92 Å². The van der Waals surface area contributed by atoms with Crippen molar-refractivity contribution in [2.45, 2.75) is 42.4 Å². The third kappa shape index (κ3) is 6.07. The summed E-state index contributed by atoms with van der Waals surface area (Å²) in [6, 6.07) is 13.1. The highest BCUT2D eigenvalue weighted by atomic mass is 32.2. The van der Waals surface area contributed by atoms with Crippen LogP contribution in [0.2, 0.25) is 0 Å². The van der Waals surface area contributed by atoms with E-state index in [9.17, 15) is 21.6 Å². The minimum absolute atomic E-state index is 0.0197. The maximum atomic E-state index is 12.9. The van der Waals surface area contributed by atoms with E-state index in [-0.39, 0.29) is 21.3 Å². The van der Waals surface area contributed by atoms with Crippen LogP contribution in [0.5, 0.6) is 0 Å². The molecule has 2 heterocycles. The van der Waals surface area contributed by atoms with Gasteiger partial charge in [0.05, 0.1) is 9.79 Å². The zero-order valence-electron chi connectivity index (χ0n) is 19.7. The van der Waals surface area contributed by atoms with Crippen molar-refractivity contribution < 1.29 is 21.6 Å². The molecule has 1 aliphatic heterocycles. The Kier molecular flexibility index (Phi) is 7.67. The minimum Gasteiger partial charge on any atom is -0.322 e. The van der Waals surface area contributed by atoms with Gasteiger partial charge < -0.3 is 5.32 Å². The SMILES string of the molecule is Cc1ccnc(NS(=O)(=O)c2ccc(NC(=O)c3ccc(S(=O)(=O)N4CCCCCC4)cc3)cc2)n1. The predicted octanol–water partition coefficient (Wildman–Crippen LogP) is 3.40. The smallest absolute Gasteiger partial charge is 0.264 e. The van der Waals surface area contributed by atoms with Crippen LogP contribution in [0.3, 0.4) is 0 Å². The molecule has 0 atom stereocenters. The Labute approximate surface area is 210 Å². The molecule has 10 nitrogen and oxygen atoms in total. The molecule has 0 spiro atoms. The first-order chi connectivity index (χ1) is 17.1. The summed E-state index contributed by atoms with van der Waals surface area (Å²) >= 11 is 0. The third-order valence-electron chi connectivity index (χ3n) is 5.76. The maximum Gasteiger partial charge on any atom is 0.264 e. The van der Waals surface area contributed by atoms with E-state index >= 15 is 0 Å². The zero-order chi connectivity index (χ0) is 25.8. The number of anilines is 2. The molecule has 0 unspecified atom stereocenters. The molecular formula is C24H27N5O5S2. The molecule has 2 N–H and O–H groups in total. The van der Waals surface area contributed by atoms with E-state index in [4.69, 9.17) is 0 Å². The molecule has 0 radical (unpaired) electrons. The Hall–Kier alpha value is -3.35. The van der Waals surface area contributed by atoms with Gasteiger partial charge in [-0.15, -0.1) is 0 Å². The maximum absolute atomic E-state index is 12.9. The number of carbonyl (C=O) groups excluding carboxylic acids is 1. The van der Waals surface area contributed by atoms with Crippen molar-refractivity contribution in [2.24, 2.45) is 0 Å². The van der Waals surface area contributed by atoms with Crippen molar-refractivity contribution in [2.75, 3.05) is 23.1 Å². The monoisotopic (exact) mass is 529 g/mol. The molecule has 1 saturated heterocycles. The number of rotatable bonds is 7. The summed E-state index contributed by atoms with van der Waals surface area (Å²) < 4.78 is 54.8. The second-order valence-corrected chi connectivity index (χ2v) is 12.1. The molecule has 36 heavy (non-hydrogen) atoms. The zero-order valence-corrected chi connectivity index (χ0v) is 21.3. The summed E-state index contributed by atoms with van der Waals surface area (Å²) in [6.07, 6.45) is 5.19. The van der Waals surface area contributed by atoms with Crippen LogP contribution in [0.1, 0.15) is 41.7 Å². The second kappa shape index (κ2) is 10.7. The van der Waals surface area contributed by atoms with E-state index in [0.29, 0.717) is 24.5 Å². The molecule has 12 heteroatoms. The third-order valence-corrected chi connectivity index (χ3v) is 9.02. The van der Waals surface area contributed by atoms with E-state index < -0.39 is 26.0 Å². The van der Waals surface area contributed by atoms with Crippen LogP contribution >= 0.6 is 0 Å². The first-order valence-electron chi connectivity index (χ1n) is 11.5. The summed E-state index contributed by atoms with van der Waals surface area (Å²) in [7, 11) is -7.51. The van der Waals surface area contributed by atoms with Gasteiger partial charge in [0.15, 0.2) is 0 Å². The molecule has 4 rings (SSSR count). The molecule has 1 aliphatic rings. The number of sulfonamides is 2. The minimum atomic E-state index is -3.91. The van der Waals surface area contributed by atoms with Gasteiger partial charge in [-0.1, -0.05) is 12.8 Å². The van der Waals surface area contributed by atoms with Crippen LogP contribution in [-0.4, -0.2) is 50.1 Å². The van der Waals surface area contributed by atoms with Crippen LogP contribution in [0.4, 0.5) is 11.6 Å². The molecule has 0 aliphatic carbocycles. The number of nitrogens with zero attached hydrogens (tertiary/aromatic N) is 3. The van der Waals surface area contributed by atoms with E-state index in [0.717, 1.165) is 25.7 Å². The molecule has 1 aromatic heterocycles. The molecule has 0 bridgehead atoms. The summed E-state index contributed by atoms with van der Waals surface area (Å²) in [6.45, 7) is 2.73. The Bertz CT molecular complexity index is 1430. The number of aromatic nitrogens is 2. The van der Waals surface area contributed by atoms with Gasteiger partial charge in [-0.2, -0.15) is 4.31 Å². The number of amides is 1. The summed E-state index contributed by atoms with van der Waals surface area (Å²) in [5.74, 6) is -0.482. The Morgan fingerprint density at radius 3 is 2.06 bits per heavy atom. The lowest BCUT2D eigenvalue weighted by molar-refractivity contribution is 0.102. The predicted molar refractivity (Wildman–Crippen MR) is 136 cm³/mol. The van der Waals surface area contributed by atoms with E-state index in [2.05, 4.69) is 20.0 Å². The number of benzene rings is 2. The number of hydrogen-bond acceptors (Lipinski definition) is 7. The van der Waals surface area contributed by atoms with Gasteiger partial charge in [-0.25, -0.2) is 31.5 Å². The molecule has 1 amide bonds. The fourth-order valence-corrected chi connectivity index (χ4v) is 6.28. The van der Waals surface area contributed by atoms with Crippen molar-refractivity contribution in [3.63, 3.8) is 0 Å². The average Bonchev–Trinajstić information content (AvgIpc) is 3.15. The van der Waals surface area contributed by atoms with Crippen molar-refractivity contribution >= 4 is 37.6 Å². The Morgan fingerprint density at radius 1 is 0.833 bits per heavy atom. The van der Waals surface area contributed by atoms with Gasteiger partial charge >= 0.3 is 0 Å². The average molecular weight is 530 g/mol. The quantitative estimate of drug-likeness (QED) is 0.478. The van der Waals surface area contributed by atoms with Gasteiger partial charge in [0.25, 0.3) is 15.9 Å². The van der Waals surface area contributed by atoms with Crippen LogP contribution in [0.15, 0.2) is 70.6 Å². The fraction of sp³-hybridized carbons (Fsp3) is 0.292. The molecule has 0 saturated carbocycles. The van der Waals surface area contributed by atoms with Crippen molar-refractivity contribution in [3.8, 4) is 0 Å². The second-order valence-electron chi connectivity index (χ2n) is 8.45. The highest BCUT2D eigenvalue weighted by Gasteiger charge is 2.25. The standard InChI is InChI=1S/C24H27N5O5S2/c1-18-14-15-25-24(26-18)28-35(31,32)21-12-8-20(9-13-21)27-23(30)19-6-10-22(11-7-19)36(33,34)29-16-4-2-3-5-17-29/h6-15H,2-5,16-17H2,1H3,(H,27,30)(H,25,26,28). The van der Waals surface area contributed by atoms with Gasteiger partial charge in [-0.05, 0) is 74.4 Å². The summed E-state index contributed by atoms with van der Waals surface area (Å²) in [5, 5.41) is 2.69. The summed E-state index contributed by atoms with van der Waals surface area (Å²) in [5.41, 5.74) is 1.28. The Morgan fingerprint density at radius 2 is 1.44 bits per heavy atom. The van der Waals surface area contributed by atoms with Gasteiger partial charge in [0.1, 0.15) is 0 Å². The number of aryl methyl sites for hydroxylation is 1. The van der Waals surface area contributed by atoms with Gasteiger partial charge in [0.2, 0.25) is 16.0 Å². The first kappa shape index (κ1) is 25.7. The van der Waals surface area contributed by atoms with E-state index in [1.165, 1.54) is 59.0 Å². The summed E-state index contributed by atoms with van der Waals surface area (Å²) in [4.78, 5) is 20.7. The highest BCUT2D eigenvalue weighted by molar-refractivity contribution is 7.92. The van der Waals surface area contributed by atoms with Gasteiger partial charge in [-0.3, -0.25) is 4.79 Å². The van der Waals surface area contributed by atoms with E-state index in [1.54, 1.807) is 13.0 Å². The molecule has 2 aromatic carbocycles. The van der Waals surface area contributed by atoms with Crippen LogP contribution in [0.25, 0.3) is 0 Å².